The van der Waals surface area contributed by atoms with Crippen molar-refractivity contribution in [3.63, 3.8) is 0 Å². The summed E-state index contributed by atoms with van der Waals surface area (Å²) < 4.78 is 0. The molecule has 1 heterocycles. The molecule has 2 N–H and O–H groups in total. The lowest BCUT2D eigenvalue weighted by Crippen LogP contribution is -2.65. The Balaban J connectivity index is 0.000000167. The molecule has 4 atom stereocenters. The molecule has 10 rings (SSSR count). The first-order chi connectivity index (χ1) is 28.9. The predicted molar refractivity (Wildman–Crippen MR) is 229 cm³/mol. The van der Waals surface area contributed by atoms with E-state index in [4.69, 9.17) is 5.26 Å². The van der Waals surface area contributed by atoms with Gasteiger partial charge in [-0.3, -0.25) is 19.2 Å². The van der Waals surface area contributed by atoms with Crippen LogP contribution in [0.3, 0.4) is 0 Å². The van der Waals surface area contributed by atoms with Gasteiger partial charge in [0.2, 0.25) is 0 Å². The van der Waals surface area contributed by atoms with E-state index in [9.17, 15) is 24.3 Å². The van der Waals surface area contributed by atoms with Crippen molar-refractivity contribution in [3.05, 3.63) is 142 Å². The molecule has 5 saturated carbocycles. The summed E-state index contributed by atoms with van der Waals surface area (Å²) in [4.78, 5) is 56.4. The number of carbonyl (C=O) groups is 4. The predicted octanol–water partition coefficient (Wildman–Crippen LogP) is 7.62. The van der Waals surface area contributed by atoms with Gasteiger partial charge in [0.05, 0.1) is 17.2 Å². The zero-order valence-corrected chi connectivity index (χ0v) is 34.7. The highest BCUT2D eigenvalue weighted by molar-refractivity contribution is 5.96. The zero-order valence-electron chi connectivity index (χ0n) is 34.7. The molecule has 0 spiro atoms. The fourth-order valence-electron chi connectivity index (χ4n) is 11.2. The van der Waals surface area contributed by atoms with Crippen molar-refractivity contribution in [2.24, 2.45) is 17.8 Å². The molecule has 1 aliphatic heterocycles. The molecule has 1 saturated heterocycles. The van der Waals surface area contributed by atoms with E-state index in [-0.39, 0.29) is 29.2 Å². The number of hydrogen-bond acceptors (Lipinski definition) is 6. The van der Waals surface area contributed by atoms with E-state index in [1.165, 1.54) is 19.3 Å². The largest absolute Gasteiger partial charge is 0.390 e. The minimum absolute atomic E-state index is 0.0258. The molecule has 0 aromatic heterocycles. The highest BCUT2D eigenvalue weighted by atomic mass is 16.3. The lowest BCUT2D eigenvalue weighted by atomic mass is 9.51. The molecule has 4 aromatic carbocycles. The summed E-state index contributed by atoms with van der Waals surface area (Å²) in [6, 6.07) is 33.5. The standard InChI is InChI=1S/C26H30N2O3.C24H25N3O2/c1-28(24(30)22-5-3-2-4-6-22)16-18-7-9-21(10-8-18)23(29)27-25-12-19-11-20(13-25)15-26(31,14-19)17-25;1-26(23(28)21-6-2-4-18(12-21)14-25)15-17-8-10-20(11-9-17)24(29)27-16-19-5-3-7-22(27)13-19/h2-10,19-20,31H,11-17H2,1H3,(H,27,29);2,4,6,8-12,19,22H,3,5,7,13,15-16H2,1H3. The Hall–Kier alpha value is -5.79. The number of nitrogens with zero attached hydrogens (tertiary/aromatic N) is 4. The molecule has 10 heteroatoms. The van der Waals surface area contributed by atoms with Gasteiger partial charge in [0, 0.05) is 67.6 Å². The molecule has 6 aliphatic rings. The summed E-state index contributed by atoms with van der Waals surface area (Å²) in [5, 5.41) is 23.2. The molecule has 310 valence electrons. The third-order valence-corrected chi connectivity index (χ3v) is 13.5. The highest BCUT2D eigenvalue weighted by Crippen LogP contribution is 2.57. The van der Waals surface area contributed by atoms with Crippen LogP contribution in [-0.2, 0) is 13.1 Å². The monoisotopic (exact) mass is 805 g/mol. The second-order valence-corrected chi connectivity index (χ2v) is 18.3. The van der Waals surface area contributed by atoms with E-state index in [2.05, 4.69) is 16.3 Å². The number of benzene rings is 4. The maximum Gasteiger partial charge on any atom is 0.254 e. The number of hydrogen-bond donors (Lipinski definition) is 2. The van der Waals surface area contributed by atoms with Gasteiger partial charge >= 0.3 is 0 Å². The summed E-state index contributed by atoms with van der Waals surface area (Å²) in [7, 11) is 3.53. The fraction of sp³-hybridized carbons (Fsp3) is 0.420. The third kappa shape index (κ3) is 9.02. The van der Waals surface area contributed by atoms with E-state index < -0.39 is 5.60 Å². The second-order valence-electron chi connectivity index (χ2n) is 18.3. The average Bonchev–Trinajstić information content (AvgIpc) is 3.54. The summed E-state index contributed by atoms with van der Waals surface area (Å²) in [6.45, 7) is 1.82. The van der Waals surface area contributed by atoms with Crippen LogP contribution in [-0.4, -0.2) is 81.3 Å². The van der Waals surface area contributed by atoms with Gasteiger partial charge in [0.25, 0.3) is 23.6 Å². The molecule has 4 unspecified atom stereocenters. The first-order valence-electron chi connectivity index (χ1n) is 21.5. The Morgan fingerprint density at radius 1 is 0.717 bits per heavy atom. The van der Waals surface area contributed by atoms with Crippen LogP contribution >= 0.6 is 0 Å². The van der Waals surface area contributed by atoms with Crippen molar-refractivity contribution < 1.29 is 24.3 Å². The Bertz CT molecular complexity index is 2250. The number of rotatable bonds is 9. The van der Waals surface area contributed by atoms with Crippen molar-refractivity contribution in [1.82, 2.24) is 20.0 Å². The first kappa shape index (κ1) is 41.0. The lowest BCUT2D eigenvalue weighted by Gasteiger charge is -2.60. The van der Waals surface area contributed by atoms with Crippen molar-refractivity contribution in [2.45, 2.75) is 94.5 Å². The minimum Gasteiger partial charge on any atom is -0.390 e. The number of carbonyl (C=O) groups excluding carboxylic acids is 4. The zero-order chi connectivity index (χ0) is 42.0. The molecule has 6 fully saturated rings. The number of likely N-dealkylation sites (tertiary alicyclic amines) is 1. The topological polar surface area (TPSA) is 134 Å². The Morgan fingerprint density at radius 2 is 1.32 bits per heavy atom. The lowest BCUT2D eigenvalue weighted by molar-refractivity contribution is -0.139. The number of fused-ring (bicyclic) bond motifs is 2. The first-order valence-corrected chi connectivity index (χ1v) is 21.5. The Morgan fingerprint density at radius 3 is 1.92 bits per heavy atom. The maximum absolute atomic E-state index is 13.0. The van der Waals surface area contributed by atoms with Crippen LogP contribution in [0, 0.1) is 29.1 Å². The number of aliphatic hydroxyl groups is 1. The number of amides is 4. The molecular weight excluding hydrogens is 751 g/mol. The quantitative estimate of drug-likeness (QED) is 0.179. The van der Waals surface area contributed by atoms with Crippen LogP contribution in [0.2, 0.25) is 0 Å². The van der Waals surface area contributed by atoms with E-state index >= 15 is 0 Å². The fourth-order valence-corrected chi connectivity index (χ4v) is 11.2. The van der Waals surface area contributed by atoms with Crippen molar-refractivity contribution in [2.75, 3.05) is 20.6 Å². The highest BCUT2D eigenvalue weighted by Gasteiger charge is 2.57. The number of nitrogens with one attached hydrogen (secondary N) is 1. The van der Waals surface area contributed by atoms with Gasteiger partial charge in [-0.05, 0) is 141 Å². The molecule has 10 nitrogen and oxygen atoms in total. The van der Waals surface area contributed by atoms with E-state index in [1.807, 2.05) is 78.9 Å². The van der Waals surface area contributed by atoms with Crippen LogP contribution in [0.15, 0.2) is 103 Å². The van der Waals surface area contributed by atoms with E-state index in [0.717, 1.165) is 61.8 Å². The van der Waals surface area contributed by atoms with Gasteiger partial charge in [0.15, 0.2) is 0 Å². The van der Waals surface area contributed by atoms with Crippen molar-refractivity contribution in [1.29, 1.82) is 5.26 Å². The van der Waals surface area contributed by atoms with Gasteiger partial charge in [-0.2, -0.15) is 5.26 Å². The molecule has 60 heavy (non-hydrogen) atoms. The van der Waals surface area contributed by atoms with Crippen LogP contribution in [0.4, 0.5) is 0 Å². The molecule has 6 bridgehead atoms. The van der Waals surface area contributed by atoms with Crippen LogP contribution in [0.1, 0.15) is 122 Å². The number of nitriles is 1. The van der Waals surface area contributed by atoms with Gasteiger partial charge in [-0.25, -0.2) is 0 Å². The Labute approximate surface area is 353 Å². The summed E-state index contributed by atoms with van der Waals surface area (Å²) in [5.74, 6) is 1.65. The molecule has 4 aromatic rings. The van der Waals surface area contributed by atoms with Crippen LogP contribution in [0.5, 0.6) is 0 Å². The molecular formula is C50H55N5O5. The SMILES string of the molecule is CN(Cc1ccc(C(=O)N2CC3CCCC2C3)cc1)C(=O)c1cccc(C#N)c1.CN(Cc1ccc(C(=O)NC23CC4CC(CC(O)(C4)C2)C3)cc1)C(=O)c1ccccc1. The van der Waals surface area contributed by atoms with Crippen molar-refractivity contribution in [3.8, 4) is 6.07 Å². The summed E-state index contributed by atoms with van der Waals surface area (Å²) in [5.41, 5.74) is 4.09. The molecule has 4 amide bonds. The van der Waals surface area contributed by atoms with Gasteiger partial charge in [0.1, 0.15) is 0 Å². The third-order valence-electron chi connectivity index (χ3n) is 13.5. The van der Waals surface area contributed by atoms with Crippen molar-refractivity contribution >= 4 is 23.6 Å². The Kier molecular flexibility index (Phi) is 11.6. The molecule has 5 aliphatic carbocycles. The van der Waals surface area contributed by atoms with Crippen LogP contribution < -0.4 is 5.32 Å². The smallest absolute Gasteiger partial charge is 0.254 e. The molecule has 0 radical (unpaired) electrons. The second kappa shape index (κ2) is 17.1. The summed E-state index contributed by atoms with van der Waals surface area (Å²) in [6.07, 6.45) is 10.4. The average molecular weight is 806 g/mol. The summed E-state index contributed by atoms with van der Waals surface area (Å²) >= 11 is 0. The maximum atomic E-state index is 13.0. The normalized spacial score (nSPS) is 25.7. The van der Waals surface area contributed by atoms with Gasteiger partial charge < -0.3 is 25.1 Å². The van der Waals surface area contributed by atoms with Gasteiger partial charge in [-0.1, -0.05) is 55.0 Å². The van der Waals surface area contributed by atoms with E-state index in [1.54, 1.807) is 48.2 Å². The minimum atomic E-state index is -0.586. The van der Waals surface area contributed by atoms with Crippen LogP contribution in [0.25, 0.3) is 0 Å². The van der Waals surface area contributed by atoms with Gasteiger partial charge in [-0.15, -0.1) is 0 Å². The van der Waals surface area contributed by atoms with E-state index in [0.29, 0.717) is 65.6 Å².